The van der Waals surface area contributed by atoms with E-state index in [-0.39, 0.29) is 41.5 Å². The number of rotatable bonds is 11. The van der Waals surface area contributed by atoms with Crippen LogP contribution < -0.4 is 0 Å². The summed E-state index contributed by atoms with van der Waals surface area (Å²) in [6.07, 6.45) is 17.6. The molecule has 0 aromatic rings. The third-order valence-electron chi connectivity index (χ3n) is 8.25. The molecule has 3 fully saturated rings. The molecule has 0 heterocycles. The maximum absolute atomic E-state index is 12.1. The van der Waals surface area contributed by atoms with Crippen LogP contribution in [0.3, 0.4) is 0 Å². The molecule has 0 radical (unpaired) electrons. The second kappa shape index (κ2) is 13.5. The van der Waals surface area contributed by atoms with Gasteiger partial charge in [0.15, 0.2) is 0 Å². The number of hydrogen-bond acceptors (Lipinski definition) is 5. The molecule has 0 spiro atoms. The quantitative estimate of drug-likeness (QED) is 0.174. The van der Waals surface area contributed by atoms with E-state index in [1.807, 2.05) is 13.0 Å². The highest BCUT2D eigenvalue weighted by atomic mass is 35.5. The summed E-state index contributed by atoms with van der Waals surface area (Å²) >= 11 is 6.57. The van der Waals surface area contributed by atoms with Crippen molar-refractivity contribution in [3.8, 4) is 0 Å². The SMILES string of the molecule is CC1(OC(=O)COC/C=C\CC2C(CC[C@H](O)C3CCCCC3)[C@@H](O)C[C@@H]2Cl)CCCCC1. The minimum absolute atomic E-state index is 0.0259. The van der Waals surface area contributed by atoms with Crippen molar-refractivity contribution in [1.29, 1.82) is 0 Å². The number of hydrogen-bond donors (Lipinski definition) is 2. The number of carbonyl (C=O) groups excluding carboxylic acids is 1. The minimum atomic E-state index is -0.392. The van der Waals surface area contributed by atoms with Gasteiger partial charge in [-0.05, 0) is 88.9 Å². The second-order valence-corrected chi connectivity index (χ2v) is 11.5. The van der Waals surface area contributed by atoms with Crippen LogP contribution in [-0.4, -0.2) is 52.6 Å². The maximum atomic E-state index is 12.1. The first-order valence-electron chi connectivity index (χ1n) is 13.3. The van der Waals surface area contributed by atoms with Crippen molar-refractivity contribution >= 4 is 17.6 Å². The van der Waals surface area contributed by atoms with Crippen molar-refractivity contribution in [2.45, 2.75) is 120 Å². The standard InChI is InChI=1S/C27H45ClO5/c1-27(15-7-3-8-16-27)33-26(31)19-32-17-9-6-12-21-22(25(30)18-23(21)28)13-14-24(29)20-10-4-2-5-11-20/h6,9,20-25,29-30H,2-5,7-8,10-19H2,1H3/b9-6-/t21?,22?,23-,24-,25-/m0/s1. The fourth-order valence-electron chi connectivity index (χ4n) is 6.22. The predicted octanol–water partition coefficient (Wildman–Crippen LogP) is 5.54. The van der Waals surface area contributed by atoms with Crippen LogP contribution in [0.25, 0.3) is 0 Å². The van der Waals surface area contributed by atoms with Gasteiger partial charge in [-0.2, -0.15) is 0 Å². The maximum Gasteiger partial charge on any atom is 0.332 e. The molecule has 2 N–H and O–H groups in total. The zero-order valence-corrected chi connectivity index (χ0v) is 21.2. The van der Waals surface area contributed by atoms with Crippen molar-refractivity contribution in [2.75, 3.05) is 13.2 Å². The van der Waals surface area contributed by atoms with Gasteiger partial charge in [0.2, 0.25) is 0 Å². The average molecular weight is 485 g/mol. The number of allylic oxidation sites excluding steroid dienone is 1. The van der Waals surface area contributed by atoms with Gasteiger partial charge >= 0.3 is 5.97 Å². The van der Waals surface area contributed by atoms with Crippen LogP contribution in [0, 0.1) is 17.8 Å². The smallest absolute Gasteiger partial charge is 0.332 e. The van der Waals surface area contributed by atoms with E-state index >= 15 is 0 Å². The molecule has 5 nitrogen and oxygen atoms in total. The molecular formula is C27H45ClO5. The van der Waals surface area contributed by atoms with Gasteiger partial charge in [0.05, 0.1) is 18.8 Å². The highest BCUT2D eigenvalue weighted by Gasteiger charge is 2.41. The number of ether oxygens (including phenoxy) is 2. The van der Waals surface area contributed by atoms with Crippen LogP contribution in [0.4, 0.5) is 0 Å². The largest absolute Gasteiger partial charge is 0.458 e. The fraction of sp³-hybridized carbons (Fsp3) is 0.889. The molecule has 2 unspecified atom stereocenters. The van der Waals surface area contributed by atoms with E-state index in [4.69, 9.17) is 21.1 Å². The Hall–Kier alpha value is -0.620. The third-order valence-corrected chi connectivity index (χ3v) is 8.75. The summed E-state index contributed by atoms with van der Waals surface area (Å²) in [5.41, 5.74) is -0.327. The van der Waals surface area contributed by atoms with Crippen LogP contribution in [-0.2, 0) is 14.3 Å². The average Bonchev–Trinajstić information content (AvgIpc) is 3.07. The van der Waals surface area contributed by atoms with Crippen LogP contribution >= 0.6 is 11.6 Å². The van der Waals surface area contributed by atoms with Crippen molar-refractivity contribution in [1.82, 2.24) is 0 Å². The molecule has 0 aliphatic heterocycles. The number of esters is 1. The molecule has 0 saturated heterocycles. The normalized spacial score (nSPS) is 31.6. The molecule has 0 amide bonds. The summed E-state index contributed by atoms with van der Waals surface area (Å²) in [6, 6.07) is 0. The van der Waals surface area contributed by atoms with E-state index in [0.29, 0.717) is 18.9 Å². The van der Waals surface area contributed by atoms with Crippen LogP contribution in [0.1, 0.15) is 96.8 Å². The summed E-state index contributed by atoms with van der Waals surface area (Å²) in [6.45, 7) is 2.36. The lowest BCUT2D eigenvalue weighted by Crippen LogP contribution is -2.35. The van der Waals surface area contributed by atoms with Gasteiger partial charge in [-0.3, -0.25) is 0 Å². The second-order valence-electron chi connectivity index (χ2n) is 10.9. The van der Waals surface area contributed by atoms with Crippen LogP contribution in [0.5, 0.6) is 0 Å². The Morgan fingerprint density at radius 3 is 2.52 bits per heavy atom. The number of halogens is 1. The van der Waals surface area contributed by atoms with E-state index in [9.17, 15) is 15.0 Å². The molecule has 190 valence electrons. The molecule has 0 aromatic heterocycles. The van der Waals surface area contributed by atoms with E-state index in [0.717, 1.165) is 57.8 Å². The topological polar surface area (TPSA) is 76.0 Å². The van der Waals surface area contributed by atoms with Gasteiger partial charge in [-0.1, -0.05) is 37.8 Å². The molecule has 3 saturated carbocycles. The Morgan fingerprint density at radius 1 is 1.09 bits per heavy atom. The van der Waals surface area contributed by atoms with Crippen molar-refractivity contribution < 1.29 is 24.5 Å². The van der Waals surface area contributed by atoms with Gasteiger partial charge in [0.25, 0.3) is 0 Å². The van der Waals surface area contributed by atoms with Gasteiger partial charge in [0.1, 0.15) is 12.2 Å². The first-order valence-corrected chi connectivity index (χ1v) is 13.8. The van der Waals surface area contributed by atoms with E-state index in [1.165, 1.54) is 25.7 Å². The van der Waals surface area contributed by atoms with E-state index < -0.39 is 6.10 Å². The number of alkyl halides is 1. The number of aliphatic hydroxyl groups is 2. The molecule has 3 rings (SSSR count). The molecule has 6 heteroatoms. The predicted molar refractivity (Wildman–Crippen MR) is 131 cm³/mol. The first kappa shape index (κ1) is 27.0. The van der Waals surface area contributed by atoms with Crippen molar-refractivity contribution in [2.24, 2.45) is 17.8 Å². The molecule has 3 aliphatic carbocycles. The fourth-order valence-corrected chi connectivity index (χ4v) is 6.69. The van der Waals surface area contributed by atoms with Gasteiger partial charge in [0, 0.05) is 5.38 Å². The third kappa shape index (κ3) is 8.52. The Labute approximate surface area is 205 Å². The first-order chi connectivity index (χ1) is 15.9. The van der Waals surface area contributed by atoms with Crippen molar-refractivity contribution in [3.05, 3.63) is 12.2 Å². The highest BCUT2D eigenvalue weighted by Crippen LogP contribution is 2.42. The van der Waals surface area contributed by atoms with Gasteiger partial charge in [-0.15, -0.1) is 11.6 Å². The lowest BCUT2D eigenvalue weighted by atomic mass is 9.81. The summed E-state index contributed by atoms with van der Waals surface area (Å²) in [4.78, 5) is 12.1. The lowest BCUT2D eigenvalue weighted by molar-refractivity contribution is -0.166. The number of aliphatic hydroxyl groups excluding tert-OH is 2. The van der Waals surface area contributed by atoms with Crippen molar-refractivity contribution in [3.63, 3.8) is 0 Å². The molecule has 0 bridgehead atoms. The lowest BCUT2D eigenvalue weighted by Gasteiger charge is -2.33. The van der Waals surface area contributed by atoms with Crippen LogP contribution in [0.15, 0.2) is 12.2 Å². The Bertz CT molecular complexity index is 612. The molecule has 3 aliphatic rings. The molecular weight excluding hydrogens is 440 g/mol. The minimum Gasteiger partial charge on any atom is -0.458 e. The summed E-state index contributed by atoms with van der Waals surface area (Å²) in [7, 11) is 0. The van der Waals surface area contributed by atoms with Crippen LogP contribution in [0.2, 0.25) is 0 Å². The zero-order valence-electron chi connectivity index (χ0n) is 20.4. The summed E-state index contributed by atoms with van der Waals surface area (Å²) in [5, 5.41) is 21.1. The van der Waals surface area contributed by atoms with Gasteiger partial charge in [-0.25, -0.2) is 4.79 Å². The molecule has 33 heavy (non-hydrogen) atoms. The Morgan fingerprint density at radius 2 is 1.79 bits per heavy atom. The van der Waals surface area contributed by atoms with Gasteiger partial charge < -0.3 is 19.7 Å². The molecule has 0 aromatic carbocycles. The summed E-state index contributed by atoms with van der Waals surface area (Å²) in [5.74, 6) is 0.464. The monoisotopic (exact) mass is 484 g/mol. The Balaban J connectivity index is 1.35. The van der Waals surface area contributed by atoms with E-state index in [2.05, 4.69) is 6.08 Å². The zero-order chi connectivity index (χ0) is 23.7. The highest BCUT2D eigenvalue weighted by molar-refractivity contribution is 6.21. The van der Waals surface area contributed by atoms with E-state index in [1.54, 1.807) is 0 Å². The number of carbonyl (C=O) groups is 1. The summed E-state index contributed by atoms with van der Waals surface area (Å²) < 4.78 is 11.1. The Kier molecular flexibility index (Phi) is 11.0. The molecule has 5 atom stereocenters.